The molecule has 0 saturated heterocycles. The highest BCUT2D eigenvalue weighted by atomic mass is 32.1. The Labute approximate surface area is 87.2 Å². The fourth-order valence-corrected chi connectivity index (χ4v) is 1.91. The Hall–Kier alpha value is -1.10. The lowest BCUT2D eigenvalue weighted by atomic mass is 10.1. The lowest BCUT2D eigenvalue weighted by molar-refractivity contribution is -0.135. The summed E-state index contributed by atoms with van der Waals surface area (Å²) in [4.78, 5) is 16.6. The Morgan fingerprint density at radius 2 is 2.29 bits per heavy atom. The largest absolute Gasteiger partial charge is 0.480 e. The van der Waals surface area contributed by atoms with Crippen LogP contribution in [0.1, 0.15) is 20.8 Å². The van der Waals surface area contributed by atoms with Crippen molar-refractivity contribution in [3.63, 3.8) is 0 Å². The number of rotatable bonds is 3. The number of aromatic nitrogens is 1. The molecule has 0 aliphatic heterocycles. The molecule has 0 unspecified atom stereocenters. The summed E-state index contributed by atoms with van der Waals surface area (Å²) in [6.07, 6.45) is 1.68. The normalized spacial score (nSPS) is 11.4. The first-order valence-electron chi connectivity index (χ1n) is 4.30. The monoisotopic (exact) mass is 214 g/mol. The third kappa shape index (κ3) is 2.70. The van der Waals surface area contributed by atoms with Gasteiger partial charge in [-0.3, -0.25) is 4.79 Å². The summed E-state index contributed by atoms with van der Waals surface area (Å²) in [5, 5.41) is 11.4. The summed E-state index contributed by atoms with van der Waals surface area (Å²) < 4.78 is 0. The number of carbonyl (C=O) groups is 1. The van der Waals surface area contributed by atoms with Gasteiger partial charge in [0.25, 0.3) is 0 Å². The number of carboxylic acid groups (broad SMARTS) is 1. The fourth-order valence-electron chi connectivity index (χ4n) is 1.08. The van der Waals surface area contributed by atoms with Gasteiger partial charge in [0.2, 0.25) is 0 Å². The van der Waals surface area contributed by atoms with E-state index in [1.165, 1.54) is 11.3 Å². The van der Waals surface area contributed by atoms with E-state index in [0.717, 1.165) is 5.13 Å². The Balaban J connectivity index is 2.89. The standard InChI is InChI=1S/C9H14N2O2S/c1-9(2,3)11(6-7(12)13)8-10-4-5-14-8/h4-5H,6H2,1-3H3,(H,12,13). The van der Waals surface area contributed by atoms with Gasteiger partial charge >= 0.3 is 5.97 Å². The van der Waals surface area contributed by atoms with Crippen LogP contribution in [0, 0.1) is 0 Å². The molecule has 0 saturated carbocycles. The number of carboxylic acids is 1. The molecule has 1 heterocycles. The highest BCUT2D eigenvalue weighted by Crippen LogP contribution is 2.25. The minimum absolute atomic E-state index is 0.0169. The third-order valence-corrected chi connectivity index (χ3v) is 2.55. The maximum atomic E-state index is 10.7. The Bertz CT molecular complexity index is 303. The van der Waals surface area contributed by atoms with Crippen LogP contribution >= 0.6 is 11.3 Å². The maximum Gasteiger partial charge on any atom is 0.323 e. The molecule has 0 radical (unpaired) electrons. The summed E-state index contributed by atoms with van der Waals surface area (Å²) in [5.41, 5.74) is -0.226. The Kier molecular flexibility index (Phi) is 3.10. The summed E-state index contributed by atoms with van der Waals surface area (Å²) in [7, 11) is 0. The molecule has 0 aliphatic rings. The van der Waals surface area contributed by atoms with Gasteiger partial charge in [-0.05, 0) is 20.8 Å². The molecule has 1 aromatic heterocycles. The molecule has 0 aromatic carbocycles. The number of hydrogen-bond donors (Lipinski definition) is 1. The first-order valence-corrected chi connectivity index (χ1v) is 5.18. The predicted molar refractivity (Wildman–Crippen MR) is 56.8 cm³/mol. The number of thiazole rings is 1. The Morgan fingerprint density at radius 3 is 2.64 bits per heavy atom. The second-order valence-corrected chi connectivity index (χ2v) is 4.84. The van der Waals surface area contributed by atoms with Crippen molar-refractivity contribution < 1.29 is 9.90 Å². The highest BCUT2D eigenvalue weighted by molar-refractivity contribution is 7.13. The van der Waals surface area contributed by atoms with Crippen molar-refractivity contribution in [1.29, 1.82) is 0 Å². The summed E-state index contributed by atoms with van der Waals surface area (Å²) in [5.74, 6) is -0.838. The van der Waals surface area contributed by atoms with E-state index in [1.807, 2.05) is 26.2 Å². The molecule has 78 valence electrons. The maximum absolute atomic E-state index is 10.7. The molecule has 0 aliphatic carbocycles. The van der Waals surface area contributed by atoms with Crippen LogP contribution in [0.25, 0.3) is 0 Å². The van der Waals surface area contributed by atoms with E-state index >= 15 is 0 Å². The van der Waals surface area contributed by atoms with Gasteiger partial charge in [-0.25, -0.2) is 4.98 Å². The van der Waals surface area contributed by atoms with E-state index in [2.05, 4.69) is 4.98 Å². The summed E-state index contributed by atoms with van der Waals surface area (Å²) in [6, 6.07) is 0. The molecule has 1 aromatic rings. The smallest absolute Gasteiger partial charge is 0.323 e. The van der Waals surface area contributed by atoms with Crippen LogP contribution in [0.5, 0.6) is 0 Å². The second kappa shape index (κ2) is 3.96. The molecule has 0 bridgehead atoms. The van der Waals surface area contributed by atoms with Crippen LogP contribution < -0.4 is 4.90 Å². The highest BCUT2D eigenvalue weighted by Gasteiger charge is 2.25. The quantitative estimate of drug-likeness (QED) is 0.834. The van der Waals surface area contributed by atoms with Crippen molar-refractivity contribution in [2.75, 3.05) is 11.4 Å². The van der Waals surface area contributed by atoms with Gasteiger partial charge < -0.3 is 10.0 Å². The van der Waals surface area contributed by atoms with Crippen LogP contribution in [0.3, 0.4) is 0 Å². The van der Waals surface area contributed by atoms with Gasteiger partial charge in [-0.2, -0.15) is 0 Å². The lowest BCUT2D eigenvalue weighted by Gasteiger charge is -2.33. The van der Waals surface area contributed by atoms with Crippen LogP contribution in [0.15, 0.2) is 11.6 Å². The van der Waals surface area contributed by atoms with Crippen LogP contribution in [-0.4, -0.2) is 28.1 Å². The zero-order valence-corrected chi connectivity index (χ0v) is 9.34. The SMILES string of the molecule is CC(C)(C)N(CC(=O)O)c1nccs1. The van der Waals surface area contributed by atoms with Crippen molar-refractivity contribution in [3.8, 4) is 0 Å². The molecular formula is C9H14N2O2S. The molecule has 5 heteroatoms. The molecule has 0 fully saturated rings. The van der Waals surface area contributed by atoms with Crippen molar-refractivity contribution >= 4 is 22.4 Å². The number of anilines is 1. The average Bonchev–Trinajstić information content (AvgIpc) is 2.49. The van der Waals surface area contributed by atoms with Crippen LogP contribution in [-0.2, 0) is 4.79 Å². The van der Waals surface area contributed by atoms with E-state index in [-0.39, 0.29) is 12.1 Å². The third-order valence-electron chi connectivity index (χ3n) is 1.75. The number of hydrogen-bond acceptors (Lipinski definition) is 4. The average molecular weight is 214 g/mol. The summed E-state index contributed by atoms with van der Waals surface area (Å²) >= 11 is 1.45. The van der Waals surface area contributed by atoms with Gasteiger partial charge in [0.05, 0.1) is 0 Å². The van der Waals surface area contributed by atoms with Crippen LogP contribution in [0.2, 0.25) is 0 Å². The zero-order chi connectivity index (χ0) is 10.8. The minimum Gasteiger partial charge on any atom is -0.480 e. The van der Waals surface area contributed by atoms with Gasteiger partial charge in [0.15, 0.2) is 5.13 Å². The van der Waals surface area contributed by atoms with E-state index in [0.29, 0.717) is 0 Å². The molecule has 0 amide bonds. The van der Waals surface area contributed by atoms with E-state index in [4.69, 9.17) is 5.11 Å². The molecule has 4 nitrogen and oxygen atoms in total. The fraction of sp³-hybridized carbons (Fsp3) is 0.556. The second-order valence-electron chi connectivity index (χ2n) is 3.97. The molecule has 0 atom stereocenters. The van der Waals surface area contributed by atoms with Gasteiger partial charge in [-0.15, -0.1) is 11.3 Å². The zero-order valence-electron chi connectivity index (χ0n) is 8.52. The molecule has 14 heavy (non-hydrogen) atoms. The van der Waals surface area contributed by atoms with E-state index in [9.17, 15) is 4.79 Å². The van der Waals surface area contributed by atoms with Crippen molar-refractivity contribution in [2.45, 2.75) is 26.3 Å². The first kappa shape index (κ1) is 11.0. The van der Waals surface area contributed by atoms with Gasteiger partial charge in [0, 0.05) is 17.1 Å². The van der Waals surface area contributed by atoms with Gasteiger partial charge in [-0.1, -0.05) is 0 Å². The predicted octanol–water partition coefficient (Wildman–Crippen LogP) is 1.83. The Morgan fingerprint density at radius 1 is 1.64 bits per heavy atom. The molecule has 1 rings (SSSR count). The van der Waals surface area contributed by atoms with Crippen molar-refractivity contribution in [1.82, 2.24) is 4.98 Å². The minimum atomic E-state index is -0.838. The number of nitrogens with zero attached hydrogens (tertiary/aromatic N) is 2. The molecule has 1 N–H and O–H groups in total. The first-order chi connectivity index (χ1) is 6.41. The van der Waals surface area contributed by atoms with Gasteiger partial charge in [0.1, 0.15) is 6.54 Å². The number of aliphatic carboxylic acids is 1. The van der Waals surface area contributed by atoms with E-state index < -0.39 is 5.97 Å². The van der Waals surface area contributed by atoms with Crippen molar-refractivity contribution in [3.05, 3.63) is 11.6 Å². The topological polar surface area (TPSA) is 53.4 Å². The van der Waals surface area contributed by atoms with Crippen molar-refractivity contribution in [2.24, 2.45) is 0 Å². The lowest BCUT2D eigenvalue weighted by Crippen LogP contribution is -2.44. The molecule has 0 spiro atoms. The van der Waals surface area contributed by atoms with E-state index in [1.54, 1.807) is 11.1 Å². The summed E-state index contributed by atoms with van der Waals surface area (Å²) in [6.45, 7) is 5.89. The molecular weight excluding hydrogens is 200 g/mol. The van der Waals surface area contributed by atoms with Crippen LogP contribution in [0.4, 0.5) is 5.13 Å².